The third-order valence-corrected chi connectivity index (χ3v) is 5.76. The number of rotatable bonds is 6. The van der Waals surface area contributed by atoms with E-state index in [-0.39, 0.29) is 18.5 Å². The predicted octanol–water partition coefficient (Wildman–Crippen LogP) is 2.35. The van der Waals surface area contributed by atoms with Crippen LogP contribution in [0.1, 0.15) is 32.1 Å². The van der Waals surface area contributed by atoms with Gasteiger partial charge in [-0.2, -0.15) is 0 Å². The van der Waals surface area contributed by atoms with Crippen LogP contribution < -0.4 is 10.9 Å². The van der Waals surface area contributed by atoms with Crippen molar-refractivity contribution in [2.24, 2.45) is 5.92 Å². The minimum absolute atomic E-state index is 0.0775. The summed E-state index contributed by atoms with van der Waals surface area (Å²) in [6, 6.07) is 7.58. The molecule has 1 atom stereocenters. The first-order valence-electron chi connectivity index (χ1n) is 8.82. The highest BCUT2D eigenvalue weighted by molar-refractivity contribution is 7.17. The van der Waals surface area contributed by atoms with Gasteiger partial charge in [0, 0.05) is 23.3 Å². The van der Waals surface area contributed by atoms with Gasteiger partial charge in [0.15, 0.2) is 4.96 Å². The Bertz CT molecular complexity index is 1120. The number of carboxylic acids is 1. The van der Waals surface area contributed by atoms with Gasteiger partial charge in [-0.1, -0.05) is 29.8 Å². The molecule has 7 nitrogen and oxygen atoms in total. The molecule has 0 saturated heterocycles. The van der Waals surface area contributed by atoms with Crippen molar-refractivity contribution in [3.05, 3.63) is 68.1 Å². The Labute approximate surface area is 165 Å². The van der Waals surface area contributed by atoms with Crippen molar-refractivity contribution in [1.82, 2.24) is 14.7 Å². The number of hydrogen-bond donors (Lipinski definition) is 2. The average molecular weight is 399 g/mol. The first-order chi connectivity index (χ1) is 13.3. The maximum absolute atomic E-state index is 12.7. The van der Waals surface area contributed by atoms with Gasteiger partial charge < -0.3 is 10.4 Å². The number of carbonyl (C=O) groups is 2. The first-order valence-corrected chi connectivity index (χ1v) is 9.64. The van der Waals surface area contributed by atoms with Crippen molar-refractivity contribution in [2.45, 2.75) is 27.2 Å². The van der Waals surface area contributed by atoms with E-state index < -0.39 is 23.4 Å². The van der Waals surface area contributed by atoms with Gasteiger partial charge in [0.2, 0.25) is 0 Å². The van der Waals surface area contributed by atoms with E-state index in [1.54, 1.807) is 6.92 Å². The predicted molar refractivity (Wildman–Crippen MR) is 107 cm³/mol. The summed E-state index contributed by atoms with van der Waals surface area (Å²) in [5, 5.41) is 12.1. The molecule has 0 saturated carbocycles. The highest BCUT2D eigenvalue weighted by atomic mass is 32.1. The van der Waals surface area contributed by atoms with E-state index in [1.165, 1.54) is 21.9 Å². The number of benzene rings is 1. The van der Waals surface area contributed by atoms with Gasteiger partial charge in [-0.3, -0.25) is 18.8 Å². The van der Waals surface area contributed by atoms with E-state index in [2.05, 4.69) is 10.3 Å². The summed E-state index contributed by atoms with van der Waals surface area (Å²) >= 11 is 1.38. The van der Waals surface area contributed by atoms with E-state index in [0.717, 1.165) is 21.7 Å². The molecular formula is C20H21N3O4S. The van der Waals surface area contributed by atoms with E-state index >= 15 is 0 Å². The summed E-state index contributed by atoms with van der Waals surface area (Å²) in [5.74, 6) is -2.42. The van der Waals surface area contributed by atoms with Crippen LogP contribution in [0.4, 0.5) is 0 Å². The Balaban J connectivity index is 1.77. The summed E-state index contributed by atoms with van der Waals surface area (Å²) in [6.07, 6.45) is 1.54. The molecule has 1 amide bonds. The van der Waals surface area contributed by atoms with E-state index in [1.807, 2.05) is 38.1 Å². The highest BCUT2D eigenvalue weighted by Gasteiger charge is 2.21. The van der Waals surface area contributed by atoms with Crippen LogP contribution in [0.3, 0.4) is 0 Å². The summed E-state index contributed by atoms with van der Waals surface area (Å²) < 4.78 is 1.41. The maximum atomic E-state index is 12.7. The molecule has 2 aromatic heterocycles. The van der Waals surface area contributed by atoms with Crippen LogP contribution in [0.25, 0.3) is 4.96 Å². The Morgan fingerprint density at radius 2 is 2.04 bits per heavy atom. The number of aryl methyl sites for hydroxylation is 3. The van der Waals surface area contributed by atoms with Crippen molar-refractivity contribution in [3.8, 4) is 0 Å². The molecular weight excluding hydrogens is 378 g/mol. The molecule has 1 unspecified atom stereocenters. The van der Waals surface area contributed by atoms with Crippen molar-refractivity contribution < 1.29 is 14.7 Å². The fourth-order valence-electron chi connectivity index (χ4n) is 3.01. The van der Waals surface area contributed by atoms with Crippen LogP contribution in [0, 0.1) is 26.7 Å². The van der Waals surface area contributed by atoms with Gasteiger partial charge in [0.25, 0.3) is 11.5 Å². The number of thiazole rings is 1. The molecule has 8 heteroatoms. The Kier molecular flexibility index (Phi) is 5.60. The van der Waals surface area contributed by atoms with E-state index in [4.69, 9.17) is 0 Å². The highest BCUT2D eigenvalue weighted by Crippen LogP contribution is 2.18. The maximum Gasteiger partial charge on any atom is 0.308 e. The summed E-state index contributed by atoms with van der Waals surface area (Å²) in [5.41, 5.74) is 2.12. The molecule has 3 rings (SSSR count). The second-order valence-corrected chi connectivity index (χ2v) is 7.96. The second-order valence-electron chi connectivity index (χ2n) is 6.78. The number of fused-ring (bicyclic) bond motifs is 1. The first kappa shape index (κ1) is 19.8. The molecule has 0 spiro atoms. The van der Waals surface area contributed by atoms with Crippen LogP contribution >= 0.6 is 11.3 Å². The molecule has 0 aliphatic carbocycles. The fourth-order valence-corrected chi connectivity index (χ4v) is 3.94. The van der Waals surface area contributed by atoms with Gasteiger partial charge in [-0.05, 0) is 32.8 Å². The number of carbonyl (C=O) groups excluding carboxylic acids is 1. The number of amides is 1. The third-order valence-electron chi connectivity index (χ3n) is 4.69. The molecule has 1 aromatic carbocycles. The molecule has 2 heterocycles. The van der Waals surface area contributed by atoms with Crippen molar-refractivity contribution in [1.29, 1.82) is 0 Å². The number of carboxylic acid groups (broad SMARTS) is 1. The Hall–Kier alpha value is -3.00. The van der Waals surface area contributed by atoms with Crippen LogP contribution in [0.15, 0.2) is 35.3 Å². The van der Waals surface area contributed by atoms with Gasteiger partial charge >= 0.3 is 5.97 Å². The summed E-state index contributed by atoms with van der Waals surface area (Å²) in [7, 11) is 0. The summed E-state index contributed by atoms with van der Waals surface area (Å²) in [4.78, 5) is 42.4. The minimum Gasteiger partial charge on any atom is -0.481 e. The quantitative estimate of drug-likeness (QED) is 0.663. The number of nitrogens with one attached hydrogen (secondary N) is 1. The molecule has 0 bridgehead atoms. The lowest BCUT2D eigenvalue weighted by Crippen LogP contribution is -2.37. The molecule has 146 valence electrons. The van der Waals surface area contributed by atoms with Crippen molar-refractivity contribution in [2.75, 3.05) is 6.54 Å². The van der Waals surface area contributed by atoms with Gasteiger partial charge in [0.1, 0.15) is 5.56 Å². The molecule has 0 fully saturated rings. The van der Waals surface area contributed by atoms with Crippen LogP contribution in [0.5, 0.6) is 0 Å². The van der Waals surface area contributed by atoms with Crippen molar-refractivity contribution >= 4 is 28.2 Å². The molecule has 0 radical (unpaired) electrons. The molecule has 0 aliphatic heterocycles. The lowest BCUT2D eigenvalue weighted by molar-refractivity contribution is -0.141. The van der Waals surface area contributed by atoms with Crippen LogP contribution in [0.2, 0.25) is 0 Å². The normalized spacial score (nSPS) is 12.1. The number of aromatic nitrogens is 2. The Morgan fingerprint density at radius 3 is 2.71 bits per heavy atom. The molecule has 3 aromatic rings. The van der Waals surface area contributed by atoms with Crippen LogP contribution in [-0.4, -0.2) is 32.9 Å². The van der Waals surface area contributed by atoms with Gasteiger partial charge in [0.05, 0.1) is 5.92 Å². The summed E-state index contributed by atoms with van der Waals surface area (Å²) in [6.45, 7) is 5.54. The topological polar surface area (TPSA) is 101 Å². The number of aliphatic carboxylic acids is 1. The Morgan fingerprint density at radius 1 is 1.29 bits per heavy atom. The average Bonchev–Trinajstić information content (AvgIpc) is 2.93. The second kappa shape index (κ2) is 7.93. The van der Waals surface area contributed by atoms with Gasteiger partial charge in [-0.25, -0.2) is 4.98 Å². The molecule has 28 heavy (non-hydrogen) atoms. The van der Waals surface area contributed by atoms with Gasteiger partial charge in [-0.15, -0.1) is 11.3 Å². The van der Waals surface area contributed by atoms with Crippen molar-refractivity contribution in [3.63, 3.8) is 0 Å². The molecule has 2 N–H and O–H groups in total. The smallest absolute Gasteiger partial charge is 0.308 e. The minimum atomic E-state index is -1.00. The monoisotopic (exact) mass is 399 g/mol. The zero-order valence-electron chi connectivity index (χ0n) is 15.9. The zero-order valence-corrected chi connectivity index (χ0v) is 16.7. The lowest BCUT2D eigenvalue weighted by Gasteiger charge is -2.14. The SMILES string of the molecule is Cc1cccc(CC(CNC(=O)c2cnc3sc(C)c(C)n3c2=O)C(=O)O)c1. The number of nitrogens with zero attached hydrogens (tertiary/aromatic N) is 2. The fraction of sp³-hybridized carbons (Fsp3) is 0.300. The molecule has 0 aliphatic rings. The largest absolute Gasteiger partial charge is 0.481 e. The lowest BCUT2D eigenvalue weighted by atomic mass is 9.98. The van der Waals surface area contributed by atoms with E-state index in [0.29, 0.717) is 4.96 Å². The van der Waals surface area contributed by atoms with E-state index in [9.17, 15) is 19.5 Å². The zero-order chi connectivity index (χ0) is 20.4. The third kappa shape index (κ3) is 3.96. The van der Waals surface area contributed by atoms with Crippen LogP contribution in [-0.2, 0) is 11.2 Å². The standard InChI is InChI=1S/C20H21N3O4S/c1-11-5-4-6-14(7-11)8-15(19(26)27)9-21-17(24)16-10-22-20-23(18(16)25)12(2)13(3)28-20/h4-7,10,15H,8-9H2,1-3H3,(H,21,24)(H,26,27). The number of hydrogen-bond acceptors (Lipinski definition) is 5.